The van der Waals surface area contributed by atoms with Crippen LogP contribution < -0.4 is 5.73 Å². The summed E-state index contributed by atoms with van der Waals surface area (Å²) in [5.74, 6) is 0.149. The summed E-state index contributed by atoms with van der Waals surface area (Å²) in [6, 6.07) is 4.07. The Morgan fingerprint density at radius 2 is 2.22 bits per heavy atom. The van der Waals surface area contributed by atoms with Crippen LogP contribution in [0.1, 0.15) is 37.8 Å². The molecule has 1 rings (SSSR count). The molecule has 18 heavy (non-hydrogen) atoms. The second kappa shape index (κ2) is 6.59. The van der Waals surface area contributed by atoms with Crippen molar-refractivity contribution in [1.82, 2.24) is 0 Å². The van der Waals surface area contributed by atoms with E-state index >= 15 is 0 Å². The standard InChI is InChI=1S/C13H21NO2S2/c1-9(14)12(10-6-5-7-17-10)18-8-11(15)16-13(2,3)4/h5-7,9,12H,8,14H2,1-4H3. The first-order chi connectivity index (χ1) is 8.29. The van der Waals surface area contributed by atoms with Crippen LogP contribution in [0.2, 0.25) is 0 Å². The van der Waals surface area contributed by atoms with Crippen LogP contribution in [0.15, 0.2) is 17.5 Å². The number of hydrogen-bond donors (Lipinski definition) is 1. The maximum Gasteiger partial charge on any atom is 0.316 e. The van der Waals surface area contributed by atoms with Gasteiger partial charge in [0.2, 0.25) is 0 Å². The maximum atomic E-state index is 11.7. The SMILES string of the molecule is CC(N)C(SCC(=O)OC(C)(C)C)c1cccs1. The van der Waals surface area contributed by atoms with Gasteiger partial charge in [-0.25, -0.2) is 0 Å². The number of esters is 1. The molecular formula is C13H21NO2S2. The molecule has 0 saturated heterocycles. The highest BCUT2D eigenvalue weighted by atomic mass is 32.2. The number of hydrogen-bond acceptors (Lipinski definition) is 5. The minimum absolute atomic E-state index is 0.0103. The first kappa shape index (κ1) is 15.5. The Morgan fingerprint density at radius 3 is 2.67 bits per heavy atom. The molecular weight excluding hydrogens is 266 g/mol. The molecule has 1 heterocycles. The Morgan fingerprint density at radius 1 is 1.56 bits per heavy atom. The molecule has 0 fully saturated rings. The lowest BCUT2D eigenvalue weighted by molar-refractivity contribution is -0.151. The zero-order valence-electron chi connectivity index (χ0n) is 11.3. The van der Waals surface area contributed by atoms with E-state index in [1.54, 1.807) is 23.1 Å². The highest BCUT2D eigenvalue weighted by molar-refractivity contribution is 8.00. The van der Waals surface area contributed by atoms with Crippen LogP contribution in [0.5, 0.6) is 0 Å². The van der Waals surface area contributed by atoms with E-state index in [0.29, 0.717) is 5.75 Å². The van der Waals surface area contributed by atoms with Gasteiger partial charge in [-0.1, -0.05) is 6.07 Å². The van der Waals surface area contributed by atoms with E-state index in [2.05, 4.69) is 6.07 Å². The average Bonchev–Trinajstić information content (AvgIpc) is 2.67. The molecule has 2 N–H and O–H groups in total. The molecule has 1 aromatic rings. The van der Waals surface area contributed by atoms with E-state index in [1.165, 1.54) is 4.88 Å². The van der Waals surface area contributed by atoms with Crippen molar-refractivity contribution in [2.24, 2.45) is 5.73 Å². The van der Waals surface area contributed by atoms with Gasteiger partial charge in [0.05, 0.1) is 11.0 Å². The lowest BCUT2D eigenvalue weighted by Crippen LogP contribution is -2.27. The zero-order chi connectivity index (χ0) is 13.8. The van der Waals surface area contributed by atoms with Gasteiger partial charge in [0.15, 0.2) is 0 Å². The maximum absolute atomic E-state index is 11.7. The Kier molecular flexibility index (Phi) is 5.69. The molecule has 0 bridgehead atoms. The summed E-state index contributed by atoms with van der Waals surface area (Å²) in [5.41, 5.74) is 5.55. The van der Waals surface area contributed by atoms with Gasteiger partial charge in [-0.05, 0) is 39.1 Å². The van der Waals surface area contributed by atoms with Crippen LogP contribution in [0, 0.1) is 0 Å². The number of carbonyl (C=O) groups is 1. The van der Waals surface area contributed by atoms with Crippen molar-refractivity contribution in [2.75, 3.05) is 5.75 Å². The quantitative estimate of drug-likeness (QED) is 0.845. The molecule has 102 valence electrons. The second-order valence-corrected chi connectivity index (χ2v) is 7.30. The van der Waals surface area contributed by atoms with E-state index in [-0.39, 0.29) is 17.3 Å². The first-order valence-corrected chi connectivity index (χ1v) is 7.85. The smallest absolute Gasteiger partial charge is 0.316 e. The minimum atomic E-state index is -0.426. The molecule has 1 aromatic heterocycles. The Hall–Kier alpha value is -0.520. The fraction of sp³-hybridized carbons (Fsp3) is 0.615. The van der Waals surface area contributed by atoms with Gasteiger partial charge in [-0.15, -0.1) is 23.1 Å². The van der Waals surface area contributed by atoms with Crippen LogP contribution in [-0.2, 0) is 9.53 Å². The summed E-state index contributed by atoms with van der Waals surface area (Å²) in [6.07, 6.45) is 0. The van der Waals surface area contributed by atoms with Crippen molar-refractivity contribution >= 4 is 29.1 Å². The van der Waals surface area contributed by atoms with Gasteiger partial charge in [-0.2, -0.15) is 0 Å². The van der Waals surface area contributed by atoms with Gasteiger partial charge >= 0.3 is 5.97 Å². The molecule has 0 aliphatic heterocycles. The van der Waals surface area contributed by atoms with Crippen molar-refractivity contribution in [3.8, 4) is 0 Å². The number of carbonyl (C=O) groups excluding carboxylic acids is 1. The van der Waals surface area contributed by atoms with Gasteiger partial charge in [0, 0.05) is 10.9 Å². The number of thioether (sulfide) groups is 1. The largest absolute Gasteiger partial charge is 0.459 e. The fourth-order valence-electron chi connectivity index (χ4n) is 1.47. The summed E-state index contributed by atoms with van der Waals surface area (Å²) in [5, 5.41) is 2.18. The summed E-state index contributed by atoms with van der Waals surface area (Å²) in [4.78, 5) is 12.9. The third-order valence-corrected chi connectivity index (χ3v) is 4.65. The zero-order valence-corrected chi connectivity index (χ0v) is 12.9. The Bertz CT molecular complexity index is 369. The molecule has 0 radical (unpaired) electrons. The molecule has 5 heteroatoms. The van der Waals surface area contributed by atoms with Crippen molar-refractivity contribution in [2.45, 2.75) is 44.6 Å². The van der Waals surface area contributed by atoms with E-state index in [4.69, 9.17) is 10.5 Å². The average molecular weight is 287 g/mol. The lowest BCUT2D eigenvalue weighted by atomic mass is 10.2. The number of thiophene rings is 1. The molecule has 0 amide bonds. The van der Waals surface area contributed by atoms with E-state index in [0.717, 1.165) is 0 Å². The van der Waals surface area contributed by atoms with Crippen LogP contribution in [-0.4, -0.2) is 23.4 Å². The second-order valence-electron chi connectivity index (χ2n) is 5.19. The summed E-state index contributed by atoms with van der Waals surface area (Å²) >= 11 is 3.22. The van der Waals surface area contributed by atoms with Crippen molar-refractivity contribution in [3.63, 3.8) is 0 Å². The van der Waals surface area contributed by atoms with Crippen molar-refractivity contribution in [1.29, 1.82) is 0 Å². The monoisotopic (exact) mass is 287 g/mol. The predicted octanol–water partition coefficient (Wildman–Crippen LogP) is 3.21. The van der Waals surface area contributed by atoms with Crippen LogP contribution in [0.4, 0.5) is 0 Å². The minimum Gasteiger partial charge on any atom is -0.459 e. The first-order valence-electron chi connectivity index (χ1n) is 5.92. The highest BCUT2D eigenvalue weighted by Crippen LogP contribution is 2.34. The van der Waals surface area contributed by atoms with Gasteiger partial charge in [0.25, 0.3) is 0 Å². The van der Waals surface area contributed by atoms with E-state index in [1.807, 2.05) is 39.1 Å². The van der Waals surface area contributed by atoms with E-state index in [9.17, 15) is 4.79 Å². The predicted molar refractivity (Wildman–Crippen MR) is 79.0 cm³/mol. The third-order valence-electron chi connectivity index (χ3n) is 2.10. The number of nitrogens with two attached hydrogens (primary N) is 1. The lowest BCUT2D eigenvalue weighted by Gasteiger charge is -2.22. The molecule has 2 unspecified atom stereocenters. The Balaban J connectivity index is 2.52. The topological polar surface area (TPSA) is 52.3 Å². The van der Waals surface area contributed by atoms with Crippen molar-refractivity contribution < 1.29 is 9.53 Å². The molecule has 0 spiro atoms. The molecule has 0 saturated carbocycles. The van der Waals surface area contributed by atoms with Crippen LogP contribution in [0.3, 0.4) is 0 Å². The third kappa shape index (κ3) is 5.42. The molecule has 2 atom stereocenters. The highest BCUT2D eigenvalue weighted by Gasteiger charge is 2.22. The molecule has 3 nitrogen and oxygen atoms in total. The fourth-order valence-corrected chi connectivity index (χ4v) is 3.59. The van der Waals surface area contributed by atoms with Gasteiger partial charge < -0.3 is 10.5 Å². The number of rotatable bonds is 5. The van der Waals surface area contributed by atoms with E-state index < -0.39 is 5.60 Å². The Labute approximate surface area is 117 Å². The van der Waals surface area contributed by atoms with Crippen LogP contribution in [0.25, 0.3) is 0 Å². The summed E-state index contributed by atoms with van der Waals surface area (Å²) in [7, 11) is 0. The summed E-state index contributed by atoms with van der Waals surface area (Å²) in [6.45, 7) is 7.58. The normalized spacial score (nSPS) is 15.2. The van der Waals surface area contributed by atoms with Gasteiger partial charge in [-0.3, -0.25) is 4.79 Å². The van der Waals surface area contributed by atoms with Crippen molar-refractivity contribution in [3.05, 3.63) is 22.4 Å². The van der Waals surface area contributed by atoms with Crippen LogP contribution >= 0.6 is 23.1 Å². The molecule has 0 aromatic carbocycles. The number of ether oxygens (including phenoxy) is 1. The molecule has 0 aliphatic rings. The van der Waals surface area contributed by atoms with Gasteiger partial charge in [0.1, 0.15) is 5.60 Å². The summed E-state index contributed by atoms with van der Waals surface area (Å²) < 4.78 is 5.29. The molecule has 0 aliphatic carbocycles.